The first-order valence-corrected chi connectivity index (χ1v) is 12.4. The van der Waals surface area contributed by atoms with Gasteiger partial charge in [0, 0.05) is 15.8 Å². The van der Waals surface area contributed by atoms with Gasteiger partial charge in [0.05, 0.1) is 27.5 Å². The van der Waals surface area contributed by atoms with E-state index < -0.39 is 11.6 Å². The van der Waals surface area contributed by atoms with Gasteiger partial charge in [-0.15, -0.1) is 0 Å². The number of aromatic amines is 1. The van der Waals surface area contributed by atoms with E-state index in [1.54, 1.807) is 36.4 Å². The Morgan fingerprint density at radius 3 is 2.11 bits per heavy atom. The highest BCUT2D eigenvalue weighted by molar-refractivity contribution is 6.45. The summed E-state index contributed by atoms with van der Waals surface area (Å²) in [5, 5.41) is 21.9. The van der Waals surface area contributed by atoms with Gasteiger partial charge in [0.1, 0.15) is 32.5 Å². The molecule has 37 heavy (non-hydrogen) atoms. The molecule has 0 saturated carbocycles. The predicted octanol–water partition coefficient (Wildman–Crippen LogP) is 8.10. The van der Waals surface area contributed by atoms with Crippen LogP contribution < -0.4 is 0 Å². The number of carbonyl (C=O) groups excluding carboxylic acids is 2. The van der Waals surface area contributed by atoms with Crippen LogP contribution in [0.3, 0.4) is 0 Å². The second-order valence-corrected chi connectivity index (χ2v) is 9.88. The molecule has 2 aromatic heterocycles. The average molecular weight is 595 g/mol. The quantitative estimate of drug-likeness (QED) is 0.179. The second-order valence-electron chi connectivity index (χ2n) is 7.96. The SMILES string of the molecule is O=C(c1ccccc1O)c1[nH]c(Cl)c(Cl)c1-n1c(C(=O)c2cc(Cl)c3ccccc3c2O)cc(Cl)c1Cl. The van der Waals surface area contributed by atoms with Crippen molar-refractivity contribution in [2.75, 3.05) is 0 Å². The third kappa shape index (κ3) is 4.15. The van der Waals surface area contributed by atoms with Crippen molar-refractivity contribution in [1.82, 2.24) is 9.55 Å². The summed E-state index contributed by atoms with van der Waals surface area (Å²) in [6, 6.07) is 15.3. The van der Waals surface area contributed by atoms with Gasteiger partial charge < -0.3 is 15.2 Å². The summed E-state index contributed by atoms with van der Waals surface area (Å²) in [6.45, 7) is 0. The lowest BCUT2D eigenvalue weighted by molar-refractivity contribution is 0.101. The van der Waals surface area contributed by atoms with E-state index >= 15 is 0 Å². The third-order valence-electron chi connectivity index (χ3n) is 5.81. The molecule has 3 N–H and O–H groups in total. The summed E-state index contributed by atoms with van der Waals surface area (Å²) < 4.78 is 1.16. The van der Waals surface area contributed by atoms with Gasteiger partial charge in [-0.05, 0) is 24.3 Å². The van der Waals surface area contributed by atoms with E-state index in [2.05, 4.69) is 4.98 Å². The molecular weight excluding hydrogens is 582 g/mol. The Labute approximate surface area is 234 Å². The number of carbonyl (C=O) groups is 2. The fourth-order valence-corrected chi connectivity index (χ4v) is 5.18. The fourth-order valence-electron chi connectivity index (χ4n) is 4.08. The molecule has 0 aliphatic rings. The van der Waals surface area contributed by atoms with Crippen molar-refractivity contribution in [3.05, 3.63) is 109 Å². The van der Waals surface area contributed by atoms with E-state index in [4.69, 9.17) is 58.0 Å². The highest BCUT2D eigenvalue weighted by Gasteiger charge is 2.31. The van der Waals surface area contributed by atoms with E-state index in [1.807, 2.05) is 0 Å². The number of para-hydroxylation sites is 1. The largest absolute Gasteiger partial charge is 0.507 e. The molecule has 0 unspecified atom stereocenters. The summed E-state index contributed by atoms with van der Waals surface area (Å²) in [5.41, 5.74) is -0.505. The maximum Gasteiger partial charge on any atom is 0.215 e. The van der Waals surface area contributed by atoms with Crippen LogP contribution in [-0.2, 0) is 0 Å². The molecule has 0 aliphatic heterocycles. The number of H-pyrrole nitrogens is 1. The Morgan fingerprint density at radius 2 is 1.41 bits per heavy atom. The van der Waals surface area contributed by atoms with Crippen molar-refractivity contribution >= 4 is 80.3 Å². The summed E-state index contributed by atoms with van der Waals surface area (Å²) in [7, 11) is 0. The predicted molar refractivity (Wildman–Crippen MR) is 146 cm³/mol. The first-order chi connectivity index (χ1) is 17.6. The number of phenolic OH excluding ortho intramolecular Hbond substituents is 2. The Balaban J connectivity index is 1.74. The molecule has 5 rings (SSSR count). The van der Waals surface area contributed by atoms with E-state index in [0.29, 0.717) is 10.8 Å². The van der Waals surface area contributed by atoms with E-state index in [-0.39, 0.29) is 65.1 Å². The molecule has 5 aromatic rings. The zero-order chi connectivity index (χ0) is 26.6. The van der Waals surface area contributed by atoms with Gasteiger partial charge in [-0.3, -0.25) is 14.2 Å². The fraction of sp³-hybridized carbons (Fsp3) is 0. The molecule has 0 saturated heterocycles. The molecule has 0 aliphatic carbocycles. The maximum absolute atomic E-state index is 13.8. The van der Waals surface area contributed by atoms with Crippen LogP contribution in [0, 0.1) is 0 Å². The normalized spacial score (nSPS) is 11.3. The molecular formula is C26H13Cl5N2O4. The monoisotopic (exact) mass is 592 g/mol. The van der Waals surface area contributed by atoms with Crippen molar-refractivity contribution in [3.63, 3.8) is 0 Å². The number of aromatic nitrogens is 2. The van der Waals surface area contributed by atoms with Crippen LogP contribution in [0.25, 0.3) is 16.5 Å². The van der Waals surface area contributed by atoms with Crippen LogP contribution in [0.1, 0.15) is 32.1 Å². The molecule has 0 radical (unpaired) electrons. The molecule has 0 amide bonds. The van der Waals surface area contributed by atoms with Gasteiger partial charge in [-0.1, -0.05) is 94.4 Å². The number of hydrogen-bond donors (Lipinski definition) is 3. The Kier molecular flexibility index (Phi) is 6.64. The number of aromatic hydroxyl groups is 2. The minimum absolute atomic E-state index is 0.0225. The zero-order valence-electron chi connectivity index (χ0n) is 18.3. The maximum atomic E-state index is 13.8. The smallest absolute Gasteiger partial charge is 0.215 e. The number of ketones is 2. The van der Waals surface area contributed by atoms with Crippen LogP contribution in [0.15, 0.2) is 60.7 Å². The van der Waals surface area contributed by atoms with E-state index in [0.717, 1.165) is 4.57 Å². The van der Waals surface area contributed by atoms with E-state index in [1.165, 1.54) is 24.3 Å². The van der Waals surface area contributed by atoms with Gasteiger partial charge in [0.25, 0.3) is 0 Å². The van der Waals surface area contributed by atoms with Gasteiger partial charge in [0.15, 0.2) is 0 Å². The minimum Gasteiger partial charge on any atom is -0.507 e. The molecule has 6 nitrogen and oxygen atoms in total. The zero-order valence-corrected chi connectivity index (χ0v) is 22.1. The van der Waals surface area contributed by atoms with Crippen molar-refractivity contribution in [1.29, 1.82) is 0 Å². The molecule has 2 heterocycles. The summed E-state index contributed by atoms with van der Waals surface area (Å²) in [5.74, 6) is -1.94. The summed E-state index contributed by atoms with van der Waals surface area (Å²) >= 11 is 31.9. The first kappa shape index (κ1) is 25.5. The molecule has 0 bridgehead atoms. The van der Waals surface area contributed by atoms with Crippen molar-refractivity contribution < 1.29 is 19.8 Å². The number of nitrogens with zero attached hydrogens (tertiary/aromatic N) is 1. The van der Waals surface area contributed by atoms with Gasteiger partial charge >= 0.3 is 0 Å². The van der Waals surface area contributed by atoms with Crippen LogP contribution >= 0.6 is 58.0 Å². The number of nitrogens with one attached hydrogen (secondary N) is 1. The second kappa shape index (κ2) is 9.63. The number of benzene rings is 3. The van der Waals surface area contributed by atoms with Gasteiger partial charge in [0.2, 0.25) is 11.6 Å². The number of fused-ring (bicyclic) bond motifs is 1. The van der Waals surface area contributed by atoms with Gasteiger partial charge in [-0.2, -0.15) is 0 Å². The third-order valence-corrected chi connectivity index (χ3v) is 7.63. The minimum atomic E-state index is -0.701. The molecule has 186 valence electrons. The summed E-state index contributed by atoms with van der Waals surface area (Å²) in [4.78, 5) is 29.9. The number of rotatable bonds is 5. The molecule has 3 aromatic carbocycles. The Bertz CT molecular complexity index is 1760. The molecule has 11 heteroatoms. The molecule has 0 atom stereocenters. The highest BCUT2D eigenvalue weighted by atomic mass is 35.5. The first-order valence-electron chi connectivity index (χ1n) is 10.5. The van der Waals surface area contributed by atoms with Crippen LogP contribution in [-0.4, -0.2) is 31.3 Å². The van der Waals surface area contributed by atoms with Crippen molar-refractivity contribution in [2.24, 2.45) is 0 Å². The topological polar surface area (TPSA) is 95.3 Å². The molecule has 0 fully saturated rings. The van der Waals surface area contributed by atoms with Crippen molar-refractivity contribution in [3.8, 4) is 17.2 Å². The average Bonchev–Trinajstić information content (AvgIpc) is 3.35. The van der Waals surface area contributed by atoms with E-state index in [9.17, 15) is 19.8 Å². The molecule has 0 spiro atoms. The van der Waals surface area contributed by atoms with Crippen molar-refractivity contribution in [2.45, 2.75) is 0 Å². The highest BCUT2D eigenvalue weighted by Crippen LogP contribution is 2.41. The van der Waals surface area contributed by atoms with Crippen LogP contribution in [0.4, 0.5) is 0 Å². The van der Waals surface area contributed by atoms with Crippen LogP contribution in [0.2, 0.25) is 25.4 Å². The number of hydrogen-bond acceptors (Lipinski definition) is 4. The Hall–Kier alpha value is -3.13. The Morgan fingerprint density at radius 1 is 0.757 bits per heavy atom. The van der Waals surface area contributed by atoms with Gasteiger partial charge in [-0.25, -0.2) is 0 Å². The number of phenols is 2. The summed E-state index contributed by atoms with van der Waals surface area (Å²) in [6.07, 6.45) is 0. The number of halogens is 5. The van der Waals surface area contributed by atoms with Crippen LogP contribution in [0.5, 0.6) is 11.5 Å². The lowest BCUT2D eigenvalue weighted by Crippen LogP contribution is -2.13. The standard InChI is InChI=1S/C26H13Cl5N2O4/c27-15-9-14(22(35)12-6-2-1-5-11(12)15)23(36)17-10-16(28)26(31)33(17)21-19(29)25(30)32-20(21)24(37)13-7-3-4-8-18(13)34/h1-10,32,34-35H. The lowest BCUT2D eigenvalue weighted by atomic mass is 10.0. The lowest BCUT2D eigenvalue weighted by Gasteiger charge is -2.14.